The molecule has 1 saturated carbocycles. The van der Waals surface area contributed by atoms with Gasteiger partial charge in [0, 0.05) is 7.11 Å². The molecule has 1 aromatic carbocycles. The molecule has 1 fully saturated rings. The van der Waals surface area contributed by atoms with E-state index in [1.807, 2.05) is 30.3 Å². The van der Waals surface area contributed by atoms with Gasteiger partial charge in [0.1, 0.15) is 5.60 Å². The molecule has 0 aliphatic heterocycles. The van der Waals surface area contributed by atoms with Crippen LogP contribution in [0.2, 0.25) is 0 Å². The number of hydrogen-bond acceptors (Lipinski definition) is 2. The fraction of sp³-hybridized carbons (Fsp3) is 0.538. The van der Waals surface area contributed by atoms with Gasteiger partial charge in [-0.25, -0.2) is 0 Å². The van der Waals surface area contributed by atoms with Crippen molar-refractivity contribution in [3.63, 3.8) is 0 Å². The molecule has 1 aliphatic rings. The predicted octanol–water partition coefficient (Wildman–Crippen LogP) is 2.46. The van der Waals surface area contributed by atoms with Gasteiger partial charge in [0.15, 0.2) is 0 Å². The molecular weight excluding hydrogens is 188 g/mol. The van der Waals surface area contributed by atoms with Crippen molar-refractivity contribution in [2.24, 2.45) is 0 Å². The van der Waals surface area contributed by atoms with Gasteiger partial charge in [0.25, 0.3) is 0 Å². The van der Waals surface area contributed by atoms with Gasteiger partial charge < -0.3 is 9.84 Å². The minimum atomic E-state index is -0.473. The Balaban J connectivity index is 2.35. The molecule has 1 aromatic rings. The standard InChI is InChI=1S/C13H18O2/c1-15-13(10-6-5-9-12(13)14)11-7-3-2-4-8-11/h2-4,7-8,12,14H,5-6,9-10H2,1H3. The second kappa shape index (κ2) is 4.33. The van der Waals surface area contributed by atoms with E-state index in [1.165, 1.54) is 0 Å². The summed E-state index contributed by atoms with van der Waals surface area (Å²) in [5.41, 5.74) is 0.624. The van der Waals surface area contributed by atoms with E-state index >= 15 is 0 Å². The second-order valence-electron chi connectivity index (χ2n) is 4.22. The van der Waals surface area contributed by atoms with Crippen LogP contribution in [0.25, 0.3) is 0 Å². The predicted molar refractivity (Wildman–Crippen MR) is 59.6 cm³/mol. The summed E-state index contributed by atoms with van der Waals surface area (Å²) < 4.78 is 5.63. The average molecular weight is 206 g/mol. The maximum atomic E-state index is 10.1. The van der Waals surface area contributed by atoms with Crippen molar-refractivity contribution < 1.29 is 9.84 Å². The number of rotatable bonds is 2. The van der Waals surface area contributed by atoms with Gasteiger partial charge in [-0.2, -0.15) is 0 Å². The molecule has 1 N–H and O–H groups in total. The van der Waals surface area contributed by atoms with Gasteiger partial charge in [-0.15, -0.1) is 0 Å². The molecule has 2 atom stereocenters. The topological polar surface area (TPSA) is 29.5 Å². The van der Waals surface area contributed by atoms with E-state index in [9.17, 15) is 5.11 Å². The summed E-state index contributed by atoms with van der Waals surface area (Å²) in [5, 5.41) is 10.1. The highest BCUT2D eigenvalue weighted by Gasteiger charge is 2.41. The summed E-state index contributed by atoms with van der Waals surface area (Å²) >= 11 is 0. The largest absolute Gasteiger partial charge is 0.390 e. The lowest BCUT2D eigenvalue weighted by atomic mass is 9.77. The first-order chi connectivity index (χ1) is 7.29. The summed E-state index contributed by atoms with van der Waals surface area (Å²) in [6.45, 7) is 0. The lowest BCUT2D eigenvalue weighted by molar-refractivity contribution is -0.131. The number of benzene rings is 1. The fourth-order valence-electron chi connectivity index (χ4n) is 2.54. The third-order valence-electron chi connectivity index (χ3n) is 3.44. The monoisotopic (exact) mass is 206 g/mol. The fourth-order valence-corrected chi connectivity index (χ4v) is 2.54. The molecule has 0 heterocycles. The third-order valence-corrected chi connectivity index (χ3v) is 3.44. The zero-order valence-corrected chi connectivity index (χ0v) is 9.15. The van der Waals surface area contributed by atoms with Crippen molar-refractivity contribution in [2.45, 2.75) is 37.4 Å². The minimum absolute atomic E-state index is 0.376. The molecule has 0 bridgehead atoms. The number of ether oxygens (including phenoxy) is 1. The van der Waals surface area contributed by atoms with Crippen LogP contribution in [0.4, 0.5) is 0 Å². The van der Waals surface area contributed by atoms with Gasteiger partial charge in [0.2, 0.25) is 0 Å². The molecule has 2 unspecified atom stereocenters. The van der Waals surface area contributed by atoms with E-state index in [-0.39, 0.29) is 6.10 Å². The van der Waals surface area contributed by atoms with Gasteiger partial charge in [-0.3, -0.25) is 0 Å². The molecule has 15 heavy (non-hydrogen) atoms. The maximum Gasteiger partial charge on any atom is 0.118 e. The highest BCUT2D eigenvalue weighted by atomic mass is 16.5. The quantitative estimate of drug-likeness (QED) is 0.805. The first kappa shape index (κ1) is 10.7. The smallest absolute Gasteiger partial charge is 0.118 e. The molecule has 2 rings (SSSR count). The van der Waals surface area contributed by atoms with Crippen LogP contribution >= 0.6 is 0 Å². The third kappa shape index (κ3) is 1.80. The van der Waals surface area contributed by atoms with Crippen LogP contribution < -0.4 is 0 Å². The van der Waals surface area contributed by atoms with Crippen molar-refractivity contribution in [1.29, 1.82) is 0 Å². The van der Waals surface area contributed by atoms with E-state index in [0.29, 0.717) is 0 Å². The number of aliphatic hydroxyl groups excluding tert-OH is 1. The van der Waals surface area contributed by atoms with Gasteiger partial charge in [-0.1, -0.05) is 43.2 Å². The molecule has 82 valence electrons. The van der Waals surface area contributed by atoms with E-state index in [2.05, 4.69) is 0 Å². The Morgan fingerprint density at radius 2 is 2.00 bits per heavy atom. The summed E-state index contributed by atoms with van der Waals surface area (Å²) in [7, 11) is 1.70. The summed E-state index contributed by atoms with van der Waals surface area (Å²) in [4.78, 5) is 0. The van der Waals surface area contributed by atoms with Crippen LogP contribution in [0.15, 0.2) is 30.3 Å². The normalized spacial score (nSPS) is 31.5. The Morgan fingerprint density at radius 1 is 1.27 bits per heavy atom. The SMILES string of the molecule is COC1(c2ccccc2)CCCCC1O. The van der Waals surface area contributed by atoms with Crippen LogP contribution in [0.5, 0.6) is 0 Å². The molecule has 2 heteroatoms. The highest BCUT2D eigenvalue weighted by molar-refractivity contribution is 5.24. The summed E-state index contributed by atoms with van der Waals surface area (Å²) in [6, 6.07) is 10.1. The van der Waals surface area contributed by atoms with E-state index in [4.69, 9.17) is 4.74 Å². The van der Waals surface area contributed by atoms with Crippen molar-refractivity contribution >= 4 is 0 Å². The molecule has 1 aliphatic carbocycles. The highest BCUT2D eigenvalue weighted by Crippen LogP contribution is 2.39. The first-order valence-electron chi connectivity index (χ1n) is 5.58. The van der Waals surface area contributed by atoms with Crippen molar-refractivity contribution in [3.8, 4) is 0 Å². The van der Waals surface area contributed by atoms with Crippen molar-refractivity contribution in [3.05, 3.63) is 35.9 Å². The Hall–Kier alpha value is -0.860. The van der Waals surface area contributed by atoms with Crippen molar-refractivity contribution in [2.75, 3.05) is 7.11 Å². The lowest BCUT2D eigenvalue weighted by Crippen LogP contribution is -2.43. The first-order valence-corrected chi connectivity index (χ1v) is 5.58. The van der Waals surface area contributed by atoms with Gasteiger partial charge >= 0.3 is 0 Å². The average Bonchev–Trinajstić information content (AvgIpc) is 2.31. The van der Waals surface area contributed by atoms with E-state index in [0.717, 1.165) is 31.2 Å². The van der Waals surface area contributed by atoms with Crippen molar-refractivity contribution in [1.82, 2.24) is 0 Å². The molecule has 0 amide bonds. The Bertz CT molecular complexity index is 310. The minimum Gasteiger partial charge on any atom is -0.390 e. The van der Waals surface area contributed by atoms with Crippen LogP contribution in [0, 0.1) is 0 Å². The van der Waals surface area contributed by atoms with Gasteiger partial charge in [-0.05, 0) is 18.4 Å². The van der Waals surface area contributed by atoms with Crippen LogP contribution in [-0.4, -0.2) is 18.3 Å². The molecule has 0 spiro atoms. The van der Waals surface area contributed by atoms with Crippen LogP contribution in [0.3, 0.4) is 0 Å². The number of hydrogen-bond donors (Lipinski definition) is 1. The van der Waals surface area contributed by atoms with E-state index in [1.54, 1.807) is 7.11 Å². The molecule has 2 nitrogen and oxygen atoms in total. The second-order valence-corrected chi connectivity index (χ2v) is 4.22. The van der Waals surface area contributed by atoms with Crippen LogP contribution in [0.1, 0.15) is 31.2 Å². The number of methoxy groups -OCH3 is 1. The Morgan fingerprint density at radius 3 is 2.60 bits per heavy atom. The zero-order valence-electron chi connectivity index (χ0n) is 9.15. The Kier molecular flexibility index (Phi) is 3.08. The number of aliphatic hydroxyl groups is 1. The maximum absolute atomic E-state index is 10.1. The van der Waals surface area contributed by atoms with Gasteiger partial charge in [0.05, 0.1) is 6.10 Å². The Labute approximate surface area is 90.9 Å². The molecule has 0 radical (unpaired) electrons. The summed E-state index contributed by atoms with van der Waals surface area (Å²) in [6.07, 6.45) is 3.59. The lowest BCUT2D eigenvalue weighted by Gasteiger charge is -2.40. The zero-order chi connectivity index (χ0) is 10.7. The summed E-state index contributed by atoms with van der Waals surface area (Å²) in [5.74, 6) is 0. The molecular formula is C13H18O2. The van der Waals surface area contributed by atoms with E-state index < -0.39 is 5.60 Å². The molecule has 0 aromatic heterocycles. The van der Waals surface area contributed by atoms with Crippen LogP contribution in [-0.2, 0) is 10.3 Å². The molecule has 0 saturated heterocycles.